The Morgan fingerprint density at radius 1 is 1.46 bits per heavy atom. The van der Waals surface area contributed by atoms with Gasteiger partial charge in [0.25, 0.3) is 0 Å². The van der Waals surface area contributed by atoms with Gasteiger partial charge in [0.15, 0.2) is 0 Å². The Balaban J connectivity index is 0.000000671. The first kappa shape index (κ1) is 11.6. The summed E-state index contributed by atoms with van der Waals surface area (Å²) < 4.78 is 5.48. The van der Waals surface area contributed by atoms with Gasteiger partial charge in [-0.2, -0.15) is 0 Å². The molecular formula is C10H15NO2. The summed E-state index contributed by atoms with van der Waals surface area (Å²) in [5, 5.41) is 0. The molecule has 3 nitrogen and oxygen atoms in total. The van der Waals surface area contributed by atoms with Crippen molar-refractivity contribution in [1.82, 2.24) is 4.98 Å². The molecule has 0 amide bonds. The fraction of sp³-hybridized carbons (Fsp3) is 0.400. The van der Waals surface area contributed by atoms with E-state index in [1.54, 1.807) is 6.20 Å². The SMILES string of the molecule is C=O.Cc1ncccc1OC(C)C. The summed E-state index contributed by atoms with van der Waals surface area (Å²) >= 11 is 0. The molecule has 13 heavy (non-hydrogen) atoms. The van der Waals surface area contributed by atoms with Crippen LogP contribution in [0.15, 0.2) is 18.3 Å². The largest absolute Gasteiger partial charge is 0.489 e. The number of hydrogen-bond donors (Lipinski definition) is 0. The Morgan fingerprint density at radius 3 is 2.54 bits per heavy atom. The standard InChI is InChI=1S/C9H13NO.CH2O/c1-7(2)11-9-5-4-6-10-8(9)3;1-2/h4-7H,1-3H3;1H2. The van der Waals surface area contributed by atoms with Gasteiger partial charge in [-0.1, -0.05) is 0 Å². The van der Waals surface area contributed by atoms with Crippen LogP contribution < -0.4 is 4.74 Å². The molecule has 3 heteroatoms. The first-order valence-electron chi connectivity index (χ1n) is 4.07. The van der Waals surface area contributed by atoms with Crippen LogP contribution in [0.2, 0.25) is 0 Å². The molecule has 1 aromatic rings. The fourth-order valence-electron chi connectivity index (χ4n) is 0.848. The van der Waals surface area contributed by atoms with Gasteiger partial charge < -0.3 is 9.53 Å². The molecule has 0 saturated carbocycles. The summed E-state index contributed by atoms with van der Waals surface area (Å²) in [6, 6.07) is 3.81. The lowest BCUT2D eigenvalue weighted by Crippen LogP contribution is -2.06. The second kappa shape index (κ2) is 6.17. The monoisotopic (exact) mass is 181 g/mol. The van der Waals surface area contributed by atoms with Crippen LogP contribution in [-0.2, 0) is 4.79 Å². The lowest BCUT2D eigenvalue weighted by Gasteiger charge is -2.10. The van der Waals surface area contributed by atoms with Crippen molar-refractivity contribution >= 4 is 6.79 Å². The first-order valence-corrected chi connectivity index (χ1v) is 4.07. The van der Waals surface area contributed by atoms with Gasteiger partial charge in [0.05, 0.1) is 11.8 Å². The maximum Gasteiger partial charge on any atom is 0.140 e. The van der Waals surface area contributed by atoms with E-state index in [9.17, 15) is 0 Å². The van der Waals surface area contributed by atoms with Crippen molar-refractivity contribution in [2.45, 2.75) is 26.9 Å². The third kappa shape index (κ3) is 4.25. The van der Waals surface area contributed by atoms with Crippen LogP contribution in [0.5, 0.6) is 5.75 Å². The van der Waals surface area contributed by atoms with Gasteiger partial charge in [-0.05, 0) is 32.9 Å². The van der Waals surface area contributed by atoms with Crippen molar-refractivity contribution in [1.29, 1.82) is 0 Å². The first-order chi connectivity index (χ1) is 6.20. The lowest BCUT2D eigenvalue weighted by atomic mass is 10.3. The van der Waals surface area contributed by atoms with Crippen molar-refractivity contribution in [3.63, 3.8) is 0 Å². The summed E-state index contributed by atoms with van der Waals surface area (Å²) in [6.45, 7) is 7.95. The molecule has 0 aliphatic carbocycles. The topological polar surface area (TPSA) is 39.2 Å². The number of aromatic nitrogens is 1. The summed E-state index contributed by atoms with van der Waals surface area (Å²) in [5.41, 5.74) is 0.946. The summed E-state index contributed by atoms with van der Waals surface area (Å²) in [7, 11) is 0. The fourth-order valence-corrected chi connectivity index (χ4v) is 0.848. The lowest BCUT2D eigenvalue weighted by molar-refractivity contribution is -0.0979. The van der Waals surface area contributed by atoms with E-state index in [0.717, 1.165) is 11.4 Å². The highest BCUT2D eigenvalue weighted by molar-refractivity contribution is 5.25. The number of rotatable bonds is 2. The van der Waals surface area contributed by atoms with Gasteiger partial charge in [-0.15, -0.1) is 0 Å². The Morgan fingerprint density at radius 2 is 2.08 bits per heavy atom. The Labute approximate surface area is 78.8 Å². The highest BCUT2D eigenvalue weighted by Crippen LogP contribution is 2.14. The molecule has 0 aliphatic rings. The van der Waals surface area contributed by atoms with Crippen LogP contribution in [0, 0.1) is 6.92 Å². The zero-order chi connectivity index (χ0) is 10.3. The Bertz CT molecular complexity index is 248. The Hall–Kier alpha value is -1.38. The average molecular weight is 181 g/mol. The molecule has 1 aromatic heterocycles. The van der Waals surface area contributed by atoms with E-state index in [1.807, 2.05) is 39.7 Å². The predicted octanol–water partition coefficient (Wildman–Crippen LogP) is 1.99. The van der Waals surface area contributed by atoms with Gasteiger partial charge in [-0.25, -0.2) is 0 Å². The van der Waals surface area contributed by atoms with Crippen LogP contribution in [-0.4, -0.2) is 17.9 Å². The molecule has 0 atom stereocenters. The van der Waals surface area contributed by atoms with Crippen LogP contribution in [0.25, 0.3) is 0 Å². The number of hydrogen-bond acceptors (Lipinski definition) is 3. The molecule has 1 rings (SSSR count). The van der Waals surface area contributed by atoms with Crippen molar-refractivity contribution in [2.75, 3.05) is 0 Å². The number of ether oxygens (including phenoxy) is 1. The molecule has 0 spiro atoms. The molecule has 0 fully saturated rings. The summed E-state index contributed by atoms with van der Waals surface area (Å²) in [5.74, 6) is 0.877. The predicted molar refractivity (Wildman–Crippen MR) is 51.9 cm³/mol. The van der Waals surface area contributed by atoms with E-state index in [2.05, 4.69) is 4.98 Å². The maximum absolute atomic E-state index is 8.00. The number of pyridine rings is 1. The van der Waals surface area contributed by atoms with E-state index in [-0.39, 0.29) is 6.10 Å². The average Bonchev–Trinajstić information content (AvgIpc) is 2.12. The number of carbonyl (C=O) groups is 1. The highest BCUT2D eigenvalue weighted by atomic mass is 16.5. The smallest absolute Gasteiger partial charge is 0.140 e. The van der Waals surface area contributed by atoms with E-state index in [1.165, 1.54) is 0 Å². The van der Waals surface area contributed by atoms with E-state index in [0.29, 0.717) is 0 Å². The van der Waals surface area contributed by atoms with E-state index < -0.39 is 0 Å². The second-order valence-electron chi connectivity index (χ2n) is 2.75. The van der Waals surface area contributed by atoms with Gasteiger partial charge >= 0.3 is 0 Å². The third-order valence-corrected chi connectivity index (χ3v) is 1.32. The molecule has 0 aromatic carbocycles. The van der Waals surface area contributed by atoms with Crippen molar-refractivity contribution in [3.05, 3.63) is 24.0 Å². The zero-order valence-corrected chi connectivity index (χ0v) is 8.28. The van der Waals surface area contributed by atoms with Gasteiger partial charge in [-0.3, -0.25) is 4.98 Å². The molecule has 0 radical (unpaired) electrons. The van der Waals surface area contributed by atoms with Crippen molar-refractivity contribution < 1.29 is 9.53 Å². The van der Waals surface area contributed by atoms with E-state index >= 15 is 0 Å². The highest BCUT2D eigenvalue weighted by Gasteiger charge is 1.99. The van der Waals surface area contributed by atoms with Crippen LogP contribution in [0.4, 0.5) is 0 Å². The molecular weight excluding hydrogens is 166 g/mol. The summed E-state index contributed by atoms with van der Waals surface area (Å²) in [4.78, 5) is 12.1. The van der Waals surface area contributed by atoms with Gasteiger partial charge in [0.1, 0.15) is 12.5 Å². The van der Waals surface area contributed by atoms with Crippen LogP contribution in [0.3, 0.4) is 0 Å². The molecule has 0 N–H and O–H groups in total. The van der Waals surface area contributed by atoms with Crippen LogP contribution >= 0.6 is 0 Å². The molecule has 1 heterocycles. The summed E-state index contributed by atoms with van der Waals surface area (Å²) in [6.07, 6.45) is 1.99. The van der Waals surface area contributed by atoms with Crippen molar-refractivity contribution in [3.8, 4) is 5.75 Å². The van der Waals surface area contributed by atoms with E-state index in [4.69, 9.17) is 9.53 Å². The number of aryl methyl sites for hydroxylation is 1. The molecule has 0 saturated heterocycles. The minimum absolute atomic E-state index is 0.220. The molecule has 0 aliphatic heterocycles. The number of carbonyl (C=O) groups excluding carboxylic acids is 1. The molecule has 72 valence electrons. The second-order valence-corrected chi connectivity index (χ2v) is 2.75. The van der Waals surface area contributed by atoms with Gasteiger partial charge in [0, 0.05) is 6.20 Å². The number of nitrogens with zero attached hydrogens (tertiary/aromatic N) is 1. The molecule has 0 unspecified atom stereocenters. The maximum atomic E-state index is 8.00. The van der Waals surface area contributed by atoms with Crippen LogP contribution in [0.1, 0.15) is 19.5 Å². The van der Waals surface area contributed by atoms with Crippen molar-refractivity contribution in [2.24, 2.45) is 0 Å². The minimum Gasteiger partial charge on any atom is -0.489 e. The normalized spacial score (nSPS) is 8.92. The molecule has 0 bridgehead atoms. The zero-order valence-electron chi connectivity index (χ0n) is 8.28. The quantitative estimate of drug-likeness (QED) is 0.700. The van der Waals surface area contributed by atoms with Gasteiger partial charge in [0.2, 0.25) is 0 Å². The Kier molecular flexibility index (Phi) is 5.52. The third-order valence-electron chi connectivity index (χ3n) is 1.32. The minimum atomic E-state index is 0.220.